The summed E-state index contributed by atoms with van der Waals surface area (Å²) in [6, 6.07) is 0. The fourth-order valence-corrected chi connectivity index (χ4v) is 3.28. The van der Waals surface area contributed by atoms with Crippen molar-refractivity contribution < 1.29 is 14.7 Å². The van der Waals surface area contributed by atoms with Gasteiger partial charge in [0, 0.05) is 13.0 Å². The van der Waals surface area contributed by atoms with Crippen molar-refractivity contribution in [2.75, 3.05) is 13.1 Å². The Hall–Kier alpha value is -1.43. The minimum absolute atomic E-state index is 0.203. The molecule has 1 aliphatic carbocycles. The molecule has 0 saturated heterocycles. The molecular formula is C14H20N2O3S. The van der Waals surface area contributed by atoms with Crippen LogP contribution in [0.3, 0.4) is 0 Å². The van der Waals surface area contributed by atoms with Crippen LogP contribution in [0, 0.1) is 12.8 Å². The van der Waals surface area contributed by atoms with Crippen molar-refractivity contribution in [2.45, 2.75) is 39.5 Å². The number of rotatable bonds is 7. The first kappa shape index (κ1) is 15.0. The van der Waals surface area contributed by atoms with Gasteiger partial charge in [0.15, 0.2) is 0 Å². The summed E-state index contributed by atoms with van der Waals surface area (Å²) < 4.78 is 0. The zero-order valence-electron chi connectivity index (χ0n) is 11.9. The number of carbonyl (C=O) groups excluding carboxylic acids is 1. The molecule has 2 rings (SSSR count). The molecule has 0 aromatic carbocycles. The molecule has 0 atom stereocenters. The quantitative estimate of drug-likeness (QED) is 0.838. The number of carbonyl (C=O) groups is 2. The second-order valence-electron chi connectivity index (χ2n) is 5.29. The third kappa shape index (κ3) is 3.79. The van der Waals surface area contributed by atoms with Crippen molar-refractivity contribution in [1.82, 2.24) is 9.88 Å². The van der Waals surface area contributed by atoms with E-state index in [1.165, 1.54) is 29.1 Å². The highest BCUT2D eigenvalue weighted by molar-refractivity contribution is 7.13. The zero-order chi connectivity index (χ0) is 14.7. The van der Waals surface area contributed by atoms with Crippen LogP contribution < -0.4 is 0 Å². The van der Waals surface area contributed by atoms with Crippen LogP contribution in [0.4, 0.5) is 0 Å². The van der Waals surface area contributed by atoms with Gasteiger partial charge in [-0.25, -0.2) is 4.98 Å². The molecule has 1 N–H and O–H groups in total. The average molecular weight is 296 g/mol. The van der Waals surface area contributed by atoms with Crippen molar-refractivity contribution in [3.05, 3.63) is 15.6 Å². The summed E-state index contributed by atoms with van der Waals surface area (Å²) in [5.41, 5.74) is 0.724. The standard InChI is InChI=1S/C14H20N2O3S/c1-3-6-16(8-12(17)18)14(19)13-9(2)15-11(20-13)7-10-4-5-10/h10H,3-8H2,1-2H3,(H,17,18). The Bertz CT molecular complexity index is 509. The van der Waals surface area contributed by atoms with Gasteiger partial charge in [-0.15, -0.1) is 11.3 Å². The van der Waals surface area contributed by atoms with Gasteiger partial charge < -0.3 is 10.0 Å². The van der Waals surface area contributed by atoms with Gasteiger partial charge in [-0.1, -0.05) is 6.92 Å². The molecule has 5 nitrogen and oxygen atoms in total. The van der Waals surface area contributed by atoms with Crippen molar-refractivity contribution in [2.24, 2.45) is 5.92 Å². The number of nitrogens with zero attached hydrogens (tertiary/aromatic N) is 2. The number of carboxylic acid groups (broad SMARTS) is 1. The first-order chi connectivity index (χ1) is 9.51. The van der Waals surface area contributed by atoms with Gasteiger partial charge in [-0.2, -0.15) is 0 Å². The molecule has 110 valence electrons. The van der Waals surface area contributed by atoms with Gasteiger partial charge in [0.05, 0.1) is 10.7 Å². The van der Waals surface area contributed by atoms with Crippen LogP contribution in [0.5, 0.6) is 0 Å². The summed E-state index contributed by atoms with van der Waals surface area (Å²) in [7, 11) is 0. The molecule has 6 heteroatoms. The van der Waals surface area contributed by atoms with E-state index in [2.05, 4.69) is 4.98 Å². The van der Waals surface area contributed by atoms with E-state index in [-0.39, 0.29) is 12.5 Å². The first-order valence-electron chi connectivity index (χ1n) is 6.98. The summed E-state index contributed by atoms with van der Waals surface area (Å²) in [5, 5.41) is 9.90. The summed E-state index contributed by atoms with van der Waals surface area (Å²) in [6.45, 7) is 3.97. The van der Waals surface area contributed by atoms with Gasteiger partial charge in [-0.3, -0.25) is 9.59 Å². The monoisotopic (exact) mass is 296 g/mol. The summed E-state index contributed by atoms with van der Waals surface area (Å²) >= 11 is 1.42. The number of thiazole rings is 1. The highest BCUT2D eigenvalue weighted by atomic mass is 32.1. The molecule has 20 heavy (non-hydrogen) atoms. The van der Waals surface area contributed by atoms with E-state index in [9.17, 15) is 9.59 Å². The lowest BCUT2D eigenvalue weighted by atomic mass is 10.3. The third-order valence-corrected chi connectivity index (χ3v) is 4.47. The highest BCUT2D eigenvalue weighted by Crippen LogP contribution is 2.34. The van der Waals surface area contributed by atoms with Crippen molar-refractivity contribution >= 4 is 23.2 Å². The lowest BCUT2D eigenvalue weighted by Gasteiger charge is -2.19. The molecule has 1 aromatic rings. The van der Waals surface area contributed by atoms with E-state index in [0.29, 0.717) is 11.4 Å². The lowest BCUT2D eigenvalue weighted by molar-refractivity contribution is -0.137. The maximum atomic E-state index is 12.4. The van der Waals surface area contributed by atoms with E-state index in [1.807, 2.05) is 13.8 Å². The molecule has 0 unspecified atom stereocenters. The van der Waals surface area contributed by atoms with Crippen LogP contribution in [-0.4, -0.2) is 40.0 Å². The first-order valence-corrected chi connectivity index (χ1v) is 7.80. The lowest BCUT2D eigenvalue weighted by Crippen LogP contribution is -2.36. The number of carboxylic acids is 1. The summed E-state index contributed by atoms with van der Waals surface area (Å²) in [6.07, 6.45) is 4.20. The van der Waals surface area contributed by atoms with Crippen LogP contribution >= 0.6 is 11.3 Å². The maximum Gasteiger partial charge on any atom is 0.323 e. The number of amides is 1. The molecule has 1 heterocycles. The van der Waals surface area contributed by atoms with Crippen LogP contribution in [-0.2, 0) is 11.2 Å². The Morgan fingerprint density at radius 3 is 2.70 bits per heavy atom. The second kappa shape index (κ2) is 6.35. The number of hydrogen-bond donors (Lipinski definition) is 1. The Balaban J connectivity index is 2.12. The molecule has 1 aliphatic rings. The molecule has 1 aromatic heterocycles. The number of aliphatic carboxylic acids is 1. The largest absolute Gasteiger partial charge is 0.480 e. The average Bonchev–Trinajstić information content (AvgIpc) is 3.10. The Morgan fingerprint density at radius 1 is 1.45 bits per heavy atom. The van der Waals surface area contributed by atoms with Crippen LogP contribution in [0.1, 0.15) is 46.6 Å². The summed E-state index contributed by atoms with van der Waals surface area (Å²) in [4.78, 5) is 29.7. The minimum Gasteiger partial charge on any atom is -0.480 e. The van der Waals surface area contributed by atoms with E-state index in [4.69, 9.17) is 5.11 Å². The number of hydrogen-bond acceptors (Lipinski definition) is 4. The van der Waals surface area contributed by atoms with Crippen LogP contribution in [0.25, 0.3) is 0 Å². The molecule has 0 aliphatic heterocycles. The maximum absolute atomic E-state index is 12.4. The van der Waals surface area contributed by atoms with Crippen LogP contribution in [0.15, 0.2) is 0 Å². The van der Waals surface area contributed by atoms with Gasteiger partial charge in [-0.05, 0) is 32.1 Å². The molecule has 1 saturated carbocycles. The zero-order valence-corrected chi connectivity index (χ0v) is 12.7. The molecule has 1 fully saturated rings. The van der Waals surface area contributed by atoms with Crippen molar-refractivity contribution in [3.8, 4) is 0 Å². The normalized spacial score (nSPS) is 14.3. The van der Waals surface area contributed by atoms with Crippen LogP contribution in [0.2, 0.25) is 0 Å². The smallest absolute Gasteiger partial charge is 0.323 e. The number of aryl methyl sites for hydroxylation is 1. The summed E-state index contributed by atoms with van der Waals surface area (Å²) in [5.74, 6) is -0.451. The molecule has 0 spiro atoms. The molecule has 1 amide bonds. The minimum atomic E-state index is -0.979. The third-order valence-electron chi connectivity index (χ3n) is 3.30. The molecular weight excluding hydrogens is 276 g/mol. The molecule has 0 radical (unpaired) electrons. The van der Waals surface area contributed by atoms with E-state index in [0.717, 1.165) is 29.5 Å². The fraction of sp³-hybridized carbons (Fsp3) is 0.643. The fourth-order valence-electron chi connectivity index (χ4n) is 2.14. The van der Waals surface area contributed by atoms with E-state index in [1.54, 1.807) is 0 Å². The predicted octanol–water partition coefficient (Wildman–Crippen LogP) is 2.34. The predicted molar refractivity (Wildman–Crippen MR) is 77.1 cm³/mol. The van der Waals surface area contributed by atoms with E-state index < -0.39 is 5.97 Å². The van der Waals surface area contributed by atoms with Gasteiger partial charge in [0.2, 0.25) is 0 Å². The Kier molecular flexibility index (Phi) is 4.75. The second-order valence-corrected chi connectivity index (χ2v) is 6.37. The number of aromatic nitrogens is 1. The topological polar surface area (TPSA) is 70.5 Å². The van der Waals surface area contributed by atoms with Crippen molar-refractivity contribution in [1.29, 1.82) is 0 Å². The van der Waals surface area contributed by atoms with E-state index >= 15 is 0 Å². The Morgan fingerprint density at radius 2 is 2.15 bits per heavy atom. The van der Waals surface area contributed by atoms with Gasteiger partial charge in [0.25, 0.3) is 5.91 Å². The van der Waals surface area contributed by atoms with Gasteiger partial charge >= 0.3 is 5.97 Å². The Labute approximate surface area is 122 Å². The molecule has 0 bridgehead atoms. The SMILES string of the molecule is CCCN(CC(=O)O)C(=O)c1sc(CC2CC2)nc1C. The highest BCUT2D eigenvalue weighted by Gasteiger charge is 2.26. The van der Waals surface area contributed by atoms with Gasteiger partial charge in [0.1, 0.15) is 11.4 Å². The van der Waals surface area contributed by atoms with Crippen molar-refractivity contribution in [3.63, 3.8) is 0 Å².